The van der Waals surface area contributed by atoms with Crippen molar-refractivity contribution in [2.24, 2.45) is 0 Å². The Morgan fingerprint density at radius 2 is 2.21 bits per heavy atom. The van der Waals surface area contributed by atoms with E-state index in [0.29, 0.717) is 10.8 Å². The van der Waals surface area contributed by atoms with Gasteiger partial charge in [-0.2, -0.15) is 0 Å². The second kappa shape index (κ2) is 6.30. The second-order valence-electron chi connectivity index (χ2n) is 2.59. The third kappa shape index (κ3) is 4.33. The van der Waals surface area contributed by atoms with E-state index >= 15 is 0 Å². The Hall–Kier alpha value is -0.220. The standard InChI is InChI=1S/C9H9ClO3.Na.H/c1-6-4-7(10)2-3-8(6)13-5-9(11)12;;/h2-4H,5H2,1H3,(H,11,12);;. The van der Waals surface area contributed by atoms with Crippen LogP contribution in [-0.2, 0) is 4.79 Å². The van der Waals surface area contributed by atoms with Gasteiger partial charge in [0, 0.05) is 5.02 Å². The van der Waals surface area contributed by atoms with Crippen LogP contribution in [0.5, 0.6) is 5.75 Å². The van der Waals surface area contributed by atoms with E-state index in [0.717, 1.165) is 5.56 Å². The molecule has 0 atom stereocenters. The van der Waals surface area contributed by atoms with Gasteiger partial charge in [0.2, 0.25) is 0 Å². The Bertz CT molecular complexity index is 328. The molecule has 1 rings (SSSR count). The summed E-state index contributed by atoms with van der Waals surface area (Å²) in [5.41, 5.74) is 0.828. The number of halogens is 1. The van der Waals surface area contributed by atoms with Crippen LogP contribution in [-0.4, -0.2) is 47.2 Å². The SMILES string of the molecule is Cc1cc(Cl)ccc1OCC(=O)O.[NaH]. The van der Waals surface area contributed by atoms with Crippen molar-refractivity contribution < 1.29 is 14.6 Å². The van der Waals surface area contributed by atoms with Crippen LogP contribution in [0.2, 0.25) is 5.02 Å². The van der Waals surface area contributed by atoms with Gasteiger partial charge in [-0.1, -0.05) is 11.6 Å². The van der Waals surface area contributed by atoms with Gasteiger partial charge in [-0.05, 0) is 30.7 Å². The summed E-state index contributed by atoms with van der Waals surface area (Å²) < 4.78 is 5.00. The van der Waals surface area contributed by atoms with Crippen LogP contribution >= 0.6 is 11.6 Å². The molecule has 0 aliphatic rings. The molecule has 0 spiro atoms. The van der Waals surface area contributed by atoms with E-state index in [4.69, 9.17) is 21.4 Å². The maximum atomic E-state index is 10.2. The summed E-state index contributed by atoms with van der Waals surface area (Å²) in [5, 5.41) is 8.98. The molecule has 5 heteroatoms. The number of hydrogen-bond acceptors (Lipinski definition) is 2. The zero-order valence-electron chi connectivity index (χ0n) is 7.08. The zero-order valence-corrected chi connectivity index (χ0v) is 7.84. The third-order valence-corrected chi connectivity index (χ3v) is 1.72. The van der Waals surface area contributed by atoms with Crippen LogP contribution < -0.4 is 4.74 Å². The maximum absolute atomic E-state index is 10.2. The molecule has 0 fully saturated rings. The van der Waals surface area contributed by atoms with Gasteiger partial charge in [0.25, 0.3) is 0 Å². The Morgan fingerprint density at radius 1 is 1.57 bits per heavy atom. The minimum absolute atomic E-state index is 0. The number of rotatable bonds is 3. The molecule has 72 valence electrons. The number of aliphatic carboxylic acids is 1. The van der Waals surface area contributed by atoms with Crippen molar-refractivity contribution in [1.29, 1.82) is 0 Å². The molecule has 0 heterocycles. The fourth-order valence-electron chi connectivity index (χ4n) is 0.914. The van der Waals surface area contributed by atoms with Gasteiger partial charge in [-0.25, -0.2) is 4.79 Å². The van der Waals surface area contributed by atoms with Crippen molar-refractivity contribution >= 4 is 47.1 Å². The first kappa shape index (κ1) is 13.8. The molecule has 14 heavy (non-hydrogen) atoms. The van der Waals surface area contributed by atoms with E-state index in [-0.39, 0.29) is 36.2 Å². The van der Waals surface area contributed by atoms with Crippen LogP contribution in [0.25, 0.3) is 0 Å². The molecule has 1 aromatic carbocycles. The van der Waals surface area contributed by atoms with Gasteiger partial charge in [-0.3, -0.25) is 0 Å². The fraction of sp³-hybridized carbons (Fsp3) is 0.222. The van der Waals surface area contributed by atoms with Crippen molar-refractivity contribution in [2.75, 3.05) is 6.61 Å². The second-order valence-corrected chi connectivity index (χ2v) is 3.03. The van der Waals surface area contributed by atoms with Gasteiger partial charge >= 0.3 is 35.5 Å². The van der Waals surface area contributed by atoms with Crippen LogP contribution in [0, 0.1) is 6.92 Å². The monoisotopic (exact) mass is 224 g/mol. The molecule has 0 saturated carbocycles. The quantitative estimate of drug-likeness (QED) is 0.791. The molecule has 3 nitrogen and oxygen atoms in total. The molecular formula is C9H10ClNaO3. The van der Waals surface area contributed by atoms with Crippen LogP contribution in [0.1, 0.15) is 5.56 Å². The van der Waals surface area contributed by atoms with Crippen molar-refractivity contribution in [3.05, 3.63) is 28.8 Å². The van der Waals surface area contributed by atoms with Crippen molar-refractivity contribution in [2.45, 2.75) is 6.92 Å². The molecule has 0 amide bonds. The summed E-state index contributed by atoms with van der Waals surface area (Å²) in [5.74, 6) is -0.443. The molecule has 0 aliphatic heterocycles. The number of hydrogen-bond donors (Lipinski definition) is 1. The van der Waals surface area contributed by atoms with E-state index in [1.807, 2.05) is 6.92 Å². The number of benzene rings is 1. The van der Waals surface area contributed by atoms with Gasteiger partial charge in [0.15, 0.2) is 6.61 Å². The first-order valence-corrected chi connectivity index (χ1v) is 4.08. The minimum atomic E-state index is -0.991. The predicted molar refractivity (Wildman–Crippen MR) is 56.5 cm³/mol. The number of carbonyl (C=O) groups is 1. The molecule has 0 unspecified atom stereocenters. The Labute approximate surface area is 109 Å². The van der Waals surface area contributed by atoms with Gasteiger partial charge in [0.1, 0.15) is 5.75 Å². The van der Waals surface area contributed by atoms with Gasteiger partial charge in [0.05, 0.1) is 0 Å². The van der Waals surface area contributed by atoms with Gasteiger partial charge < -0.3 is 9.84 Å². The Morgan fingerprint density at radius 3 is 2.71 bits per heavy atom. The molecule has 0 aromatic heterocycles. The van der Waals surface area contributed by atoms with Crippen molar-refractivity contribution in [1.82, 2.24) is 0 Å². The molecule has 0 radical (unpaired) electrons. The summed E-state index contributed by atoms with van der Waals surface area (Å²) >= 11 is 5.71. The summed E-state index contributed by atoms with van der Waals surface area (Å²) in [7, 11) is 0. The topological polar surface area (TPSA) is 46.5 Å². The summed E-state index contributed by atoms with van der Waals surface area (Å²) in [6.45, 7) is 1.48. The molecule has 1 N–H and O–H groups in total. The van der Waals surface area contributed by atoms with E-state index < -0.39 is 5.97 Å². The predicted octanol–water partition coefficient (Wildman–Crippen LogP) is 1.46. The van der Waals surface area contributed by atoms with Crippen molar-refractivity contribution in [3.8, 4) is 5.75 Å². The number of carboxylic acids is 1. The Kier molecular flexibility index (Phi) is 6.20. The summed E-state index contributed by atoms with van der Waals surface area (Å²) in [6, 6.07) is 5.03. The average Bonchev–Trinajstić information content (AvgIpc) is 2.02. The normalized spacial score (nSPS) is 9.00. The number of aryl methyl sites for hydroxylation is 1. The first-order valence-electron chi connectivity index (χ1n) is 3.70. The van der Waals surface area contributed by atoms with E-state index in [2.05, 4.69) is 0 Å². The van der Waals surface area contributed by atoms with Gasteiger partial charge in [-0.15, -0.1) is 0 Å². The molecule has 1 aromatic rings. The molecular weight excluding hydrogens is 215 g/mol. The molecule has 0 aliphatic carbocycles. The zero-order chi connectivity index (χ0) is 9.84. The fourth-order valence-corrected chi connectivity index (χ4v) is 1.14. The molecule has 0 saturated heterocycles. The number of ether oxygens (including phenoxy) is 1. The van der Waals surface area contributed by atoms with Crippen LogP contribution in [0.3, 0.4) is 0 Å². The van der Waals surface area contributed by atoms with E-state index in [1.54, 1.807) is 18.2 Å². The van der Waals surface area contributed by atoms with Crippen LogP contribution in [0.15, 0.2) is 18.2 Å². The first-order chi connectivity index (χ1) is 6.09. The van der Waals surface area contributed by atoms with Crippen LogP contribution in [0.4, 0.5) is 0 Å². The van der Waals surface area contributed by atoms with Crippen molar-refractivity contribution in [3.63, 3.8) is 0 Å². The third-order valence-electron chi connectivity index (χ3n) is 1.49. The Balaban J connectivity index is 0.00000169. The summed E-state index contributed by atoms with van der Waals surface area (Å²) in [6.07, 6.45) is 0. The molecule has 0 bridgehead atoms. The van der Waals surface area contributed by atoms with E-state index in [9.17, 15) is 4.79 Å². The summed E-state index contributed by atoms with van der Waals surface area (Å²) in [4.78, 5) is 10.2. The van der Waals surface area contributed by atoms with E-state index in [1.165, 1.54) is 0 Å². The average molecular weight is 225 g/mol. The number of carboxylic acid groups (broad SMARTS) is 1.